The van der Waals surface area contributed by atoms with Crippen LogP contribution in [0.2, 0.25) is 0 Å². The van der Waals surface area contributed by atoms with Crippen molar-refractivity contribution >= 4 is 39.6 Å². The van der Waals surface area contributed by atoms with Crippen LogP contribution in [-0.2, 0) is 17.5 Å². The molecule has 0 aromatic carbocycles. The first kappa shape index (κ1) is 30.6. The van der Waals surface area contributed by atoms with Crippen molar-refractivity contribution in [2.45, 2.75) is 64.1 Å². The van der Waals surface area contributed by atoms with E-state index in [2.05, 4.69) is 41.9 Å². The predicted octanol–water partition coefficient (Wildman–Crippen LogP) is 4.75. The summed E-state index contributed by atoms with van der Waals surface area (Å²) in [5, 5.41) is 24.3. The molecule has 5 heterocycles. The molecule has 15 heteroatoms. The molecule has 0 amide bonds. The number of aliphatic hydroxyl groups excluding tert-OH is 1. The molecule has 0 bridgehead atoms. The molecule has 3 N–H and O–H groups in total. The van der Waals surface area contributed by atoms with Gasteiger partial charge in [-0.25, -0.2) is 9.97 Å². The van der Waals surface area contributed by atoms with Crippen LogP contribution in [-0.4, -0.2) is 85.7 Å². The van der Waals surface area contributed by atoms with Gasteiger partial charge in [0.1, 0.15) is 11.5 Å². The maximum absolute atomic E-state index is 13.3. The van der Waals surface area contributed by atoms with Crippen LogP contribution in [0.15, 0.2) is 23.8 Å². The lowest BCUT2D eigenvalue weighted by molar-refractivity contribution is -0.138. The van der Waals surface area contributed by atoms with E-state index in [0.29, 0.717) is 60.3 Å². The molecule has 5 rings (SSSR count). The lowest BCUT2D eigenvalue weighted by Crippen LogP contribution is -2.52. The third-order valence-electron chi connectivity index (χ3n) is 7.74. The number of nitrogens with one attached hydrogen (secondary N) is 1. The molecule has 2 aliphatic rings. The molecule has 0 radical (unpaired) electrons. The Kier molecular flexibility index (Phi) is 9.32. The van der Waals surface area contributed by atoms with E-state index in [-0.39, 0.29) is 18.2 Å². The average molecular weight is 626 g/mol. The van der Waals surface area contributed by atoms with E-state index < -0.39 is 23.9 Å². The Balaban J connectivity index is 1.28. The number of anilines is 2. The van der Waals surface area contributed by atoms with Crippen molar-refractivity contribution < 1.29 is 28.2 Å². The number of hydrogen-bond acceptors (Lipinski definition) is 11. The number of carboxylic acid groups (broad SMARTS) is 1. The smallest absolute Gasteiger partial charge is 0.417 e. The fraction of sp³-hybridized carbons (Fsp3) is 0.556. The summed E-state index contributed by atoms with van der Waals surface area (Å²) < 4.78 is 39.9. The van der Waals surface area contributed by atoms with Gasteiger partial charge in [-0.15, -0.1) is 11.3 Å². The fourth-order valence-electron chi connectivity index (χ4n) is 5.38. The minimum absolute atomic E-state index is 0.105. The Labute approximate surface area is 249 Å². The number of aliphatic hydroxyl groups is 1. The zero-order chi connectivity index (χ0) is 30.0. The number of rotatable bonds is 10. The Morgan fingerprint density at radius 2 is 2.00 bits per heavy atom. The van der Waals surface area contributed by atoms with Gasteiger partial charge in [-0.3, -0.25) is 19.6 Å². The summed E-state index contributed by atoms with van der Waals surface area (Å²) in [6.07, 6.45) is -0.305. The minimum atomic E-state index is -4.43. The maximum atomic E-state index is 13.3. The van der Waals surface area contributed by atoms with Crippen LogP contribution in [0.1, 0.15) is 55.5 Å². The van der Waals surface area contributed by atoms with E-state index in [1.807, 2.05) is 6.92 Å². The monoisotopic (exact) mass is 625 g/mol. The fourth-order valence-corrected chi connectivity index (χ4v) is 7.40. The number of aliphatic carboxylic acids is 1. The number of likely N-dealkylation sites (tertiary alicyclic amines) is 1. The van der Waals surface area contributed by atoms with Crippen LogP contribution in [0.25, 0.3) is 10.6 Å². The van der Waals surface area contributed by atoms with Gasteiger partial charge in [0.25, 0.3) is 0 Å². The van der Waals surface area contributed by atoms with Crippen LogP contribution in [0.5, 0.6) is 0 Å². The van der Waals surface area contributed by atoms with Crippen molar-refractivity contribution in [3.63, 3.8) is 0 Å². The van der Waals surface area contributed by atoms with Gasteiger partial charge < -0.3 is 20.4 Å². The summed E-state index contributed by atoms with van der Waals surface area (Å²) in [6, 6.07) is 1.62. The summed E-state index contributed by atoms with van der Waals surface area (Å²) in [5.41, 5.74) is 0.0811. The molecule has 10 nitrogen and oxygen atoms in total. The highest BCUT2D eigenvalue weighted by Crippen LogP contribution is 2.41. The van der Waals surface area contributed by atoms with Crippen LogP contribution in [0.4, 0.5) is 24.1 Å². The Hall–Kier alpha value is -2.85. The summed E-state index contributed by atoms with van der Waals surface area (Å²) in [5.74, 6) is -0.153. The van der Waals surface area contributed by atoms with Crippen molar-refractivity contribution in [3.8, 4) is 10.6 Å². The van der Waals surface area contributed by atoms with E-state index in [0.717, 1.165) is 47.0 Å². The van der Waals surface area contributed by atoms with E-state index in [1.54, 1.807) is 6.20 Å². The highest BCUT2D eigenvalue weighted by Gasteiger charge is 2.33. The van der Waals surface area contributed by atoms with Crippen molar-refractivity contribution in [2.75, 3.05) is 42.9 Å². The van der Waals surface area contributed by atoms with Crippen LogP contribution < -0.4 is 10.2 Å². The topological polar surface area (TPSA) is 118 Å². The van der Waals surface area contributed by atoms with Crippen molar-refractivity contribution in [3.05, 3.63) is 40.0 Å². The molecular weight excluding hydrogens is 591 g/mol. The van der Waals surface area contributed by atoms with Crippen molar-refractivity contribution in [1.82, 2.24) is 24.8 Å². The third-order valence-corrected chi connectivity index (χ3v) is 9.65. The summed E-state index contributed by atoms with van der Waals surface area (Å²) in [4.78, 5) is 32.2. The number of alkyl halides is 3. The molecule has 2 fully saturated rings. The number of halogens is 3. The Morgan fingerprint density at radius 3 is 2.62 bits per heavy atom. The number of carbonyl (C=O) groups is 1. The lowest BCUT2D eigenvalue weighted by atomic mass is 10.2. The molecule has 0 aliphatic carbocycles. The maximum Gasteiger partial charge on any atom is 0.417 e. The summed E-state index contributed by atoms with van der Waals surface area (Å²) >= 11 is 2.33. The number of nitrogens with zero attached hydrogens (tertiary/aromatic N) is 6. The number of thiophene rings is 1. The van der Waals surface area contributed by atoms with Crippen molar-refractivity contribution in [2.24, 2.45) is 0 Å². The second-order valence-corrected chi connectivity index (χ2v) is 12.8. The number of thiazole rings is 1. The van der Waals surface area contributed by atoms with E-state index in [9.17, 15) is 23.1 Å². The summed E-state index contributed by atoms with van der Waals surface area (Å²) in [7, 11) is 0. The molecule has 3 aromatic heterocycles. The van der Waals surface area contributed by atoms with E-state index >= 15 is 0 Å². The molecule has 0 saturated carbocycles. The normalized spacial score (nSPS) is 21.1. The summed E-state index contributed by atoms with van der Waals surface area (Å²) in [6.45, 7) is 8.28. The number of carboxylic acids is 1. The molecule has 3 aromatic rings. The highest BCUT2D eigenvalue weighted by atomic mass is 32.1. The van der Waals surface area contributed by atoms with Gasteiger partial charge in [-0.2, -0.15) is 13.2 Å². The first-order valence-corrected chi connectivity index (χ1v) is 15.5. The molecular formula is C27H34F3N7O3S2. The molecule has 1 unspecified atom stereocenters. The molecule has 0 spiro atoms. The Bertz CT molecular complexity index is 1370. The average Bonchev–Trinajstić information content (AvgIpc) is 3.68. The van der Waals surface area contributed by atoms with Gasteiger partial charge in [0, 0.05) is 55.1 Å². The SMILES string of the molecule is C[C@@H]1CCCN1Cc1sc(NC(O)c2cnc(N3CCN(CCC(=O)O)C[C@H]3C)cn2)nc1-c1cc(C(F)(F)F)cs1. The Morgan fingerprint density at radius 1 is 1.19 bits per heavy atom. The molecule has 2 aliphatic heterocycles. The van der Waals surface area contributed by atoms with Crippen LogP contribution >= 0.6 is 22.7 Å². The standard InChI is InChI=1S/C27H34F3N7O3S2/c1-16-4-3-6-36(16)14-21-24(20-10-18(15-41-20)27(28,29)30)33-26(42-21)34-25(40)19-11-32-22(12-31-19)37-9-8-35(13-17(37)2)7-5-23(38)39/h10-12,15-17,25,40H,3-9,13-14H2,1-2H3,(H,33,34)(H,38,39)/t16-,17-,25?/m1/s1. The van der Waals surface area contributed by atoms with Gasteiger partial charge >= 0.3 is 12.1 Å². The number of aromatic nitrogens is 3. The van der Waals surface area contributed by atoms with E-state index in [4.69, 9.17) is 5.11 Å². The first-order chi connectivity index (χ1) is 20.0. The predicted molar refractivity (Wildman–Crippen MR) is 156 cm³/mol. The minimum Gasteiger partial charge on any atom is -0.481 e. The van der Waals surface area contributed by atoms with Gasteiger partial charge in [0.15, 0.2) is 11.4 Å². The second kappa shape index (κ2) is 12.8. The molecule has 42 heavy (non-hydrogen) atoms. The number of piperazine rings is 1. The quantitative estimate of drug-likeness (QED) is 0.273. The largest absolute Gasteiger partial charge is 0.481 e. The van der Waals surface area contributed by atoms with Gasteiger partial charge in [-0.1, -0.05) is 11.3 Å². The molecule has 2 saturated heterocycles. The zero-order valence-electron chi connectivity index (χ0n) is 23.3. The molecule has 228 valence electrons. The highest BCUT2D eigenvalue weighted by molar-refractivity contribution is 7.17. The number of hydrogen-bond donors (Lipinski definition) is 3. The van der Waals surface area contributed by atoms with Crippen LogP contribution in [0.3, 0.4) is 0 Å². The first-order valence-electron chi connectivity index (χ1n) is 13.8. The molecule has 3 atom stereocenters. The lowest BCUT2D eigenvalue weighted by Gasteiger charge is -2.40. The van der Waals surface area contributed by atoms with E-state index in [1.165, 1.54) is 17.5 Å². The van der Waals surface area contributed by atoms with Gasteiger partial charge in [0.2, 0.25) is 0 Å². The zero-order valence-corrected chi connectivity index (χ0v) is 25.0. The third kappa shape index (κ3) is 7.19. The van der Waals surface area contributed by atoms with Crippen LogP contribution in [0, 0.1) is 0 Å². The van der Waals surface area contributed by atoms with Gasteiger partial charge in [-0.05, 0) is 39.3 Å². The second-order valence-electron chi connectivity index (χ2n) is 10.8. The van der Waals surface area contributed by atoms with Gasteiger partial charge in [0.05, 0.1) is 34.9 Å². The van der Waals surface area contributed by atoms with Crippen molar-refractivity contribution in [1.29, 1.82) is 0 Å².